The lowest BCUT2D eigenvalue weighted by Gasteiger charge is -2.32. The van der Waals surface area contributed by atoms with E-state index in [1.54, 1.807) is 0 Å². The lowest BCUT2D eigenvalue weighted by molar-refractivity contribution is 0.109. The largest absolute Gasteiger partial charge is 0.394 e. The maximum Gasteiger partial charge on any atom is 0.0611 e. The third-order valence-electron chi connectivity index (χ3n) is 2.85. The molecule has 0 rings (SSSR count). The van der Waals surface area contributed by atoms with E-state index in [0.717, 1.165) is 32.7 Å². The van der Waals surface area contributed by atoms with E-state index in [2.05, 4.69) is 38.0 Å². The first-order chi connectivity index (χ1) is 7.93. The number of aliphatic hydroxyl groups excluding tert-OH is 1. The molecule has 0 saturated heterocycles. The van der Waals surface area contributed by atoms with Gasteiger partial charge in [0.1, 0.15) is 0 Å². The molecule has 1 unspecified atom stereocenters. The number of nitrogens with zero attached hydrogens (tertiary/aromatic N) is 1. The fourth-order valence-electron chi connectivity index (χ4n) is 1.81. The lowest BCUT2D eigenvalue weighted by atomic mass is 9.97. The molecule has 0 aromatic carbocycles. The van der Waals surface area contributed by atoms with Crippen molar-refractivity contribution in [3.8, 4) is 0 Å². The highest BCUT2D eigenvalue weighted by atomic mass is 16.5. The fraction of sp³-hybridized carbons (Fsp3) is 1.00. The smallest absolute Gasteiger partial charge is 0.0611 e. The van der Waals surface area contributed by atoms with Crippen molar-refractivity contribution < 1.29 is 9.84 Å². The molecule has 0 heterocycles. The van der Waals surface area contributed by atoms with Gasteiger partial charge in [-0.15, -0.1) is 0 Å². The summed E-state index contributed by atoms with van der Waals surface area (Å²) < 4.78 is 5.32. The number of likely N-dealkylation sites (N-methyl/N-ethyl adjacent to an activating group) is 1. The minimum absolute atomic E-state index is 0.171. The van der Waals surface area contributed by atoms with Crippen molar-refractivity contribution in [3.05, 3.63) is 0 Å². The molecule has 4 nitrogen and oxygen atoms in total. The standard InChI is InChI=1S/C13H30N2O2/c1-6-17-10-9-15(5)8-7-13(4,11-16)14-12(2)3/h12,14,16H,6-11H2,1-5H3. The van der Waals surface area contributed by atoms with E-state index < -0.39 is 0 Å². The zero-order valence-electron chi connectivity index (χ0n) is 12.1. The Morgan fingerprint density at radius 1 is 1.35 bits per heavy atom. The molecule has 0 aliphatic rings. The van der Waals surface area contributed by atoms with Crippen LogP contribution in [0.3, 0.4) is 0 Å². The summed E-state index contributed by atoms with van der Waals surface area (Å²) in [7, 11) is 2.09. The van der Waals surface area contributed by atoms with Crippen LogP contribution in [0, 0.1) is 0 Å². The van der Waals surface area contributed by atoms with Crippen molar-refractivity contribution in [2.45, 2.75) is 45.7 Å². The molecule has 2 N–H and O–H groups in total. The van der Waals surface area contributed by atoms with Gasteiger partial charge in [-0.3, -0.25) is 0 Å². The summed E-state index contributed by atoms with van der Waals surface area (Å²) in [6, 6.07) is 0.390. The maximum absolute atomic E-state index is 9.46. The highest BCUT2D eigenvalue weighted by Crippen LogP contribution is 2.10. The normalized spacial score (nSPS) is 15.5. The monoisotopic (exact) mass is 246 g/mol. The highest BCUT2D eigenvalue weighted by molar-refractivity contribution is 4.84. The molecule has 0 radical (unpaired) electrons. The molecule has 0 aliphatic heterocycles. The van der Waals surface area contributed by atoms with E-state index >= 15 is 0 Å². The Bertz CT molecular complexity index is 188. The van der Waals surface area contributed by atoms with Crippen LogP contribution in [0.25, 0.3) is 0 Å². The van der Waals surface area contributed by atoms with Crippen LogP contribution in [0.5, 0.6) is 0 Å². The third kappa shape index (κ3) is 8.55. The van der Waals surface area contributed by atoms with Gasteiger partial charge in [0.15, 0.2) is 0 Å². The van der Waals surface area contributed by atoms with Crippen molar-refractivity contribution in [2.75, 3.05) is 40.0 Å². The molecule has 0 bridgehead atoms. The number of hydrogen-bond acceptors (Lipinski definition) is 4. The van der Waals surface area contributed by atoms with Gasteiger partial charge in [-0.25, -0.2) is 0 Å². The van der Waals surface area contributed by atoms with Gasteiger partial charge in [0.05, 0.1) is 13.2 Å². The molecule has 0 amide bonds. The zero-order chi connectivity index (χ0) is 13.3. The van der Waals surface area contributed by atoms with Crippen molar-refractivity contribution in [2.24, 2.45) is 0 Å². The Morgan fingerprint density at radius 3 is 2.47 bits per heavy atom. The van der Waals surface area contributed by atoms with E-state index in [-0.39, 0.29) is 12.1 Å². The number of rotatable bonds is 10. The minimum Gasteiger partial charge on any atom is -0.394 e. The van der Waals surface area contributed by atoms with Gasteiger partial charge in [-0.2, -0.15) is 0 Å². The first-order valence-electron chi connectivity index (χ1n) is 6.58. The van der Waals surface area contributed by atoms with Crippen LogP contribution in [-0.2, 0) is 4.74 Å². The van der Waals surface area contributed by atoms with Crippen molar-refractivity contribution in [3.63, 3.8) is 0 Å². The molecule has 0 aromatic heterocycles. The number of aliphatic hydroxyl groups is 1. The van der Waals surface area contributed by atoms with E-state index in [0.29, 0.717) is 6.04 Å². The summed E-state index contributed by atoms with van der Waals surface area (Å²) in [5.41, 5.74) is -0.186. The van der Waals surface area contributed by atoms with Gasteiger partial charge in [-0.1, -0.05) is 13.8 Å². The summed E-state index contributed by atoms with van der Waals surface area (Å²) in [5.74, 6) is 0. The molecule has 0 fully saturated rings. The second kappa shape index (κ2) is 8.86. The van der Waals surface area contributed by atoms with Gasteiger partial charge < -0.3 is 20.1 Å². The third-order valence-corrected chi connectivity index (χ3v) is 2.85. The first-order valence-corrected chi connectivity index (χ1v) is 6.58. The fourth-order valence-corrected chi connectivity index (χ4v) is 1.81. The number of hydrogen-bond donors (Lipinski definition) is 2. The lowest BCUT2D eigenvalue weighted by Crippen LogP contribution is -2.50. The summed E-state index contributed by atoms with van der Waals surface area (Å²) in [4.78, 5) is 2.24. The topological polar surface area (TPSA) is 44.7 Å². The quantitative estimate of drug-likeness (QED) is 0.567. The predicted octanol–water partition coefficient (Wildman–Crippen LogP) is 1.09. The van der Waals surface area contributed by atoms with Crippen LogP contribution in [0.1, 0.15) is 34.1 Å². The molecule has 0 aromatic rings. The second-order valence-corrected chi connectivity index (χ2v) is 5.27. The SMILES string of the molecule is CCOCCN(C)CCC(C)(CO)NC(C)C. The zero-order valence-corrected chi connectivity index (χ0v) is 12.1. The summed E-state index contributed by atoms with van der Waals surface area (Å²) >= 11 is 0. The van der Waals surface area contributed by atoms with Gasteiger partial charge in [0.25, 0.3) is 0 Å². The van der Waals surface area contributed by atoms with E-state index in [9.17, 15) is 5.11 Å². The molecule has 17 heavy (non-hydrogen) atoms. The summed E-state index contributed by atoms with van der Waals surface area (Å²) in [6.07, 6.45) is 0.935. The Labute approximate surface area is 106 Å². The number of nitrogens with one attached hydrogen (secondary N) is 1. The molecule has 4 heteroatoms. The minimum atomic E-state index is -0.186. The van der Waals surface area contributed by atoms with Crippen molar-refractivity contribution in [1.29, 1.82) is 0 Å². The maximum atomic E-state index is 9.46. The summed E-state index contributed by atoms with van der Waals surface area (Å²) in [5, 5.41) is 12.9. The van der Waals surface area contributed by atoms with Crippen molar-refractivity contribution in [1.82, 2.24) is 10.2 Å². The van der Waals surface area contributed by atoms with Gasteiger partial charge >= 0.3 is 0 Å². The van der Waals surface area contributed by atoms with Crippen molar-refractivity contribution >= 4 is 0 Å². The Balaban J connectivity index is 3.88. The molecule has 104 valence electrons. The van der Waals surface area contributed by atoms with Crippen LogP contribution in [0.4, 0.5) is 0 Å². The Morgan fingerprint density at radius 2 is 2.00 bits per heavy atom. The van der Waals surface area contributed by atoms with Crippen LogP contribution in [0.15, 0.2) is 0 Å². The van der Waals surface area contributed by atoms with Crippen LogP contribution < -0.4 is 5.32 Å². The molecular weight excluding hydrogens is 216 g/mol. The first kappa shape index (κ1) is 16.8. The van der Waals surface area contributed by atoms with E-state index in [4.69, 9.17) is 4.74 Å². The van der Waals surface area contributed by atoms with Crippen LogP contribution in [-0.4, -0.2) is 61.5 Å². The predicted molar refractivity (Wildman–Crippen MR) is 72.4 cm³/mol. The molecule has 0 aliphatic carbocycles. The molecule has 1 atom stereocenters. The Kier molecular flexibility index (Phi) is 8.78. The van der Waals surface area contributed by atoms with Crippen LogP contribution >= 0.6 is 0 Å². The highest BCUT2D eigenvalue weighted by Gasteiger charge is 2.23. The van der Waals surface area contributed by atoms with Gasteiger partial charge in [0.2, 0.25) is 0 Å². The Hall–Kier alpha value is -0.160. The van der Waals surface area contributed by atoms with E-state index in [1.807, 2.05) is 6.92 Å². The number of ether oxygens (including phenoxy) is 1. The average Bonchev–Trinajstić information content (AvgIpc) is 2.26. The van der Waals surface area contributed by atoms with Gasteiger partial charge in [-0.05, 0) is 33.9 Å². The average molecular weight is 246 g/mol. The molecule has 0 saturated carbocycles. The molecule has 0 spiro atoms. The second-order valence-electron chi connectivity index (χ2n) is 5.27. The molecular formula is C13H30N2O2. The van der Waals surface area contributed by atoms with E-state index in [1.165, 1.54) is 0 Å². The van der Waals surface area contributed by atoms with Crippen LogP contribution in [0.2, 0.25) is 0 Å². The van der Waals surface area contributed by atoms with Gasteiger partial charge in [0, 0.05) is 24.7 Å². The summed E-state index contributed by atoms with van der Waals surface area (Å²) in [6.45, 7) is 11.9.